The molecule has 2 aromatic rings. The van der Waals surface area contributed by atoms with E-state index < -0.39 is 53.1 Å². The van der Waals surface area contributed by atoms with Crippen LogP contribution in [0.4, 0.5) is 28.6 Å². The van der Waals surface area contributed by atoms with E-state index in [4.69, 9.17) is 9.47 Å². The van der Waals surface area contributed by atoms with Crippen LogP contribution in [0.5, 0.6) is 0 Å². The summed E-state index contributed by atoms with van der Waals surface area (Å²) >= 11 is 0. The first-order chi connectivity index (χ1) is 18.5. The molecule has 9 nitrogen and oxygen atoms in total. The molecule has 0 aliphatic carbocycles. The number of carbonyl (C=O) groups excluding carboxylic acids is 3. The average molecular weight is 565 g/mol. The Labute approximate surface area is 231 Å². The van der Waals surface area contributed by atoms with Crippen molar-refractivity contribution in [3.63, 3.8) is 0 Å². The Morgan fingerprint density at radius 3 is 2.27 bits per heavy atom. The van der Waals surface area contributed by atoms with E-state index in [1.54, 1.807) is 58.9 Å². The number of alkyl halides is 3. The molecule has 1 saturated heterocycles. The summed E-state index contributed by atoms with van der Waals surface area (Å²) in [4.78, 5) is 43.9. The number of nitrogens with one attached hydrogen (secondary N) is 2. The largest absolute Gasteiger partial charge is 0.445 e. The summed E-state index contributed by atoms with van der Waals surface area (Å²) in [6, 6.07) is 9.91. The van der Waals surface area contributed by atoms with Crippen LogP contribution in [-0.4, -0.2) is 51.7 Å². The molecule has 1 fully saturated rings. The smallest absolute Gasteiger partial charge is 0.433 e. The van der Waals surface area contributed by atoms with Gasteiger partial charge in [0.1, 0.15) is 29.8 Å². The van der Waals surface area contributed by atoms with Gasteiger partial charge in [-0.05, 0) is 65.2 Å². The van der Waals surface area contributed by atoms with E-state index in [0.29, 0.717) is 5.56 Å². The number of halogens is 3. The number of aromatic nitrogens is 1. The van der Waals surface area contributed by atoms with Crippen LogP contribution >= 0.6 is 0 Å². The van der Waals surface area contributed by atoms with Gasteiger partial charge >= 0.3 is 18.4 Å². The fourth-order valence-corrected chi connectivity index (χ4v) is 4.29. The number of ether oxygens (including phenoxy) is 2. The Bertz CT molecular complexity index is 1230. The number of carbonyl (C=O) groups is 3. The van der Waals surface area contributed by atoms with Crippen LogP contribution in [-0.2, 0) is 27.1 Å². The van der Waals surface area contributed by atoms with Crippen LogP contribution in [0, 0.1) is 12.8 Å². The van der Waals surface area contributed by atoms with E-state index in [1.165, 1.54) is 17.9 Å². The predicted octanol–water partition coefficient (Wildman–Crippen LogP) is 5.68. The van der Waals surface area contributed by atoms with Crippen molar-refractivity contribution in [3.05, 3.63) is 59.3 Å². The van der Waals surface area contributed by atoms with Crippen LogP contribution in [0.1, 0.15) is 57.9 Å². The lowest BCUT2D eigenvalue weighted by Crippen LogP contribution is -2.51. The quantitative estimate of drug-likeness (QED) is 0.467. The van der Waals surface area contributed by atoms with Crippen molar-refractivity contribution in [2.24, 2.45) is 5.92 Å². The highest BCUT2D eigenvalue weighted by molar-refractivity contribution is 5.96. The summed E-state index contributed by atoms with van der Waals surface area (Å²) in [5.74, 6) is -1.40. The van der Waals surface area contributed by atoms with Gasteiger partial charge in [-0.2, -0.15) is 13.2 Å². The lowest BCUT2D eigenvalue weighted by atomic mass is 9.85. The average Bonchev–Trinajstić information content (AvgIpc) is 3.29. The van der Waals surface area contributed by atoms with Crippen molar-refractivity contribution >= 4 is 23.9 Å². The second-order valence-electron chi connectivity index (χ2n) is 11.3. The van der Waals surface area contributed by atoms with Gasteiger partial charge in [-0.3, -0.25) is 9.69 Å². The highest BCUT2D eigenvalue weighted by Crippen LogP contribution is 2.34. The molecule has 0 spiro atoms. The van der Waals surface area contributed by atoms with Crippen molar-refractivity contribution in [1.82, 2.24) is 15.2 Å². The molecule has 2 heterocycles. The number of anilines is 1. The van der Waals surface area contributed by atoms with E-state index in [1.807, 2.05) is 6.07 Å². The van der Waals surface area contributed by atoms with Crippen LogP contribution in [0.2, 0.25) is 0 Å². The van der Waals surface area contributed by atoms with Gasteiger partial charge in [0.05, 0.1) is 0 Å². The number of pyridine rings is 1. The number of amides is 3. The summed E-state index contributed by atoms with van der Waals surface area (Å²) in [6.07, 6.45) is -6.02. The highest BCUT2D eigenvalue weighted by atomic mass is 19.4. The molecule has 0 unspecified atom stereocenters. The zero-order valence-electron chi connectivity index (χ0n) is 23.4. The minimum absolute atomic E-state index is 0.0387. The van der Waals surface area contributed by atoms with E-state index in [9.17, 15) is 27.6 Å². The van der Waals surface area contributed by atoms with E-state index in [-0.39, 0.29) is 25.4 Å². The molecule has 12 heteroatoms. The lowest BCUT2D eigenvalue weighted by Gasteiger charge is -2.33. The maximum Gasteiger partial charge on any atom is 0.433 e. The molecule has 3 amide bonds. The lowest BCUT2D eigenvalue weighted by molar-refractivity contribution is -0.141. The molecule has 1 aromatic heterocycles. The molecule has 3 rings (SSSR count). The Morgan fingerprint density at radius 1 is 1.02 bits per heavy atom. The Hall–Kier alpha value is -3.83. The molecule has 0 saturated carbocycles. The number of rotatable bonds is 6. The molecule has 2 atom stereocenters. The fourth-order valence-electron chi connectivity index (χ4n) is 4.29. The van der Waals surface area contributed by atoms with Crippen LogP contribution in [0.3, 0.4) is 0 Å². The molecule has 1 aliphatic heterocycles. The molecule has 1 aliphatic rings. The summed E-state index contributed by atoms with van der Waals surface area (Å²) in [6.45, 7) is 10.2. The Morgan fingerprint density at radius 2 is 1.68 bits per heavy atom. The molecule has 0 bridgehead atoms. The van der Waals surface area contributed by atoms with Crippen molar-refractivity contribution in [1.29, 1.82) is 0 Å². The number of alkyl carbamates (subject to hydrolysis) is 1. The zero-order chi connectivity index (χ0) is 29.9. The SMILES string of the molecule is Cc1ccc(C(F)(F)F)nc1NC(=O)[C@@H]1C[C@H](C(C)(C)NC(=O)OC(C)(C)C)CN1C(=O)OCc1ccccc1. The first-order valence-corrected chi connectivity index (χ1v) is 12.8. The monoisotopic (exact) mass is 564 g/mol. The third-order valence-electron chi connectivity index (χ3n) is 6.52. The molecule has 0 radical (unpaired) electrons. The van der Waals surface area contributed by atoms with E-state index in [0.717, 1.165) is 11.6 Å². The normalized spacial score (nSPS) is 17.8. The van der Waals surface area contributed by atoms with Gasteiger partial charge in [0, 0.05) is 18.0 Å². The summed E-state index contributed by atoms with van der Waals surface area (Å²) in [7, 11) is 0. The zero-order valence-corrected chi connectivity index (χ0v) is 23.4. The van der Waals surface area contributed by atoms with Gasteiger partial charge in [-0.1, -0.05) is 36.4 Å². The van der Waals surface area contributed by atoms with Crippen LogP contribution in [0.15, 0.2) is 42.5 Å². The number of hydrogen-bond acceptors (Lipinski definition) is 6. The molecule has 218 valence electrons. The van der Waals surface area contributed by atoms with Gasteiger partial charge in [-0.15, -0.1) is 0 Å². The number of benzene rings is 1. The number of likely N-dealkylation sites (tertiary alicyclic amines) is 1. The fraction of sp³-hybridized carbons (Fsp3) is 0.500. The topological polar surface area (TPSA) is 110 Å². The Kier molecular flexibility index (Phi) is 9.00. The van der Waals surface area contributed by atoms with Crippen LogP contribution in [0.25, 0.3) is 0 Å². The van der Waals surface area contributed by atoms with E-state index in [2.05, 4.69) is 15.6 Å². The van der Waals surface area contributed by atoms with Crippen molar-refractivity contribution in [2.75, 3.05) is 11.9 Å². The highest BCUT2D eigenvalue weighted by Gasteiger charge is 2.47. The Balaban J connectivity index is 1.83. The van der Waals surface area contributed by atoms with Crippen molar-refractivity contribution < 1.29 is 37.0 Å². The number of aryl methyl sites for hydroxylation is 1. The molecule has 40 heavy (non-hydrogen) atoms. The summed E-state index contributed by atoms with van der Waals surface area (Å²) < 4.78 is 50.5. The second-order valence-corrected chi connectivity index (χ2v) is 11.3. The third-order valence-corrected chi connectivity index (χ3v) is 6.52. The molecular weight excluding hydrogens is 529 g/mol. The third kappa shape index (κ3) is 8.09. The van der Waals surface area contributed by atoms with Crippen molar-refractivity contribution in [2.45, 2.75) is 77.9 Å². The minimum Gasteiger partial charge on any atom is -0.445 e. The van der Waals surface area contributed by atoms with Gasteiger partial charge < -0.3 is 20.1 Å². The number of nitrogens with zero attached hydrogens (tertiary/aromatic N) is 2. The predicted molar refractivity (Wildman–Crippen MR) is 141 cm³/mol. The summed E-state index contributed by atoms with van der Waals surface area (Å²) in [5, 5.41) is 5.26. The first kappa shape index (κ1) is 30.7. The summed E-state index contributed by atoms with van der Waals surface area (Å²) in [5.41, 5.74) is -1.75. The van der Waals surface area contributed by atoms with Gasteiger partial charge in [0.15, 0.2) is 0 Å². The maximum absolute atomic E-state index is 13.4. The first-order valence-electron chi connectivity index (χ1n) is 12.8. The standard InChI is InChI=1S/C28H35F3N4O5/c1-17-12-13-21(28(29,30)31)32-22(17)33-23(36)20-14-19(27(5,6)34-24(37)40-26(2,3)4)15-35(20)25(38)39-16-18-10-8-7-9-11-18/h7-13,19-20H,14-16H2,1-6H3,(H,34,37)(H,32,33,36)/t19-,20-/m0/s1. The van der Waals surface area contributed by atoms with Gasteiger partial charge in [0.25, 0.3) is 0 Å². The van der Waals surface area contributed by atoms with Crippen LogP contribution < -0.4 is 10.6 Å². The van der Waals surface area contributed by atoms with Gasteiger partial charge in [-0.25, -0.2) is 14.6 Å². The van der Waals surface area contributed by atoms with E-state index >= 15 is 0 Å². The second kappa shape index (κ2) is 11.7. The molecular formula is C28H35F3N4O5. The molecule has 2 N–H and O–H groups in total. The minimum atomic E-state index is -4.70. The van der Waals surface area contributed by atoms with Crippen molar-refractivity contribution in [3.8, 4) is 0 Å². The maximum atomic E-state index is 13.4. The number of hydrogen-bond donors (Lipinski definition) is 2. The van der Waals surface area contributed by atoms with Gasteiger partial charge in [0.2, 0.25) is 5.91 Å². The molecule has 1 aromatic carbocycles.